The monoisotopic (exact) mass is 418 g/mol. The molecule has 3 nitrogen and oxygen atoms in total. The molecule has 0 fully saturated rings. The van der Waals surface area contributed by atoms with Gasteiger partial charge in [0.05, 0.1) is 17.0 Å². The Bertz CT molecular complexity index is 622. The van der Waals surface area contributed by atoms with Crippen LogP contribution in [-0.4, -0.2) is 12.2 Å². The zero-order valence-corrected chi connectivity index (χ0v) is 14.6. The maximum Gasteiger partial charge on any atom is 0.136 e. The molecule has 3 rings (SSSR count). The highest BCUT2D eigenvalue weighted by atomic mass is 79.9. The summed E-state index contributed by atoms with van der Waals surface area (Å²) in [6, 6.07) is 7.54. The Balaban J connectivity index is 1.94. The molecule has 0 radical (unpaired) electrons. The molecule has 0 saturated heterocycles. The molecular weight excluding hydrogens is 408 g/mol. The zero-order chi connectivity index (χ0) is 14.3. The third-order valence-corrected chi connectivity index (χ3v) is 6.62. The van der Waals surface area contributed by atoms with Crippen LogP contribution in [0, 0.1) is 0 Å². The lowest BCUT2D eigenvalue weighted by molar-refractivity contribution is 0.0671. The van der Waals surface area contributed by atoms with Crippen molar-refractivity contribution in [1.29, 1.82) is 0 Å². The van der Waals surface area contributed by atoms with E-state index < -0.39 is 6.10 Å². The fraction of sp³-hybridized carbons (Fsp3) is 0.286. The van der Waals surface area contributed by atoms with Crippen LogP contribution in [0.3, 0.4) is 0 Å². The fourth-order valence-corrected chi connectivity index (χ4v) is 4.38. The second kappa shape index (κ2) is 5.67. The normalized spacial score (nSPS) is 21.2. The van der Waals surface area contributed by atoms with Crippen LogP contribution in [0.4, 0.5) is 0 Å². The Morgan fingerprint density at radius 1 is 1.35 bits per heavy atom. The van der Waals surface area contributed by atoms with Crippen molar-refractivity contribution in [3.05, 3.63) is 43.0 Å². The summed E-state index contributed by atoms with van der Waals surface area (Å²) in [5.74, 6) is 1.42. The summed E-state index contributed by atoms with van der Waals surface area (Å²) >= 11 is 8.57. The topological polar surface area (TPSA) is 38.7 Å². The summed E-state index contributed by atoms with van der Waals surface area (Å²) in [6.07, 6.45) is -0.106. The van der Waals surface area contributed by atoms with Crippen LogP contribution in [0.25, 0.3) is 0 Å². The Labute approximate surface area is 137 Å². The number of thiophene rings is 1. The highest BCUT2D eigenvalue weighted by Crippen LogP contribution is 2.45. The first-order chi connectivity index (χ1) is 9.58. The first-order valence-corrected chi connectivity index (χ1v) is 8.46. The van der Waals surface area contributed by atoms with E-state index in [-0.39, 0.29) is 6.10 Å². The predicted octanol–water partition coefficient (Wildman–Crippen LogP) is 4.84. The van der Waals surface area contributed by atoms with Crippen molar-refractivity contribution in [1.82, 2.24) is 0 Å². The fourth-order valence-electron chi connectivity index (χ4n) is 2.25. The lowest BCUT2D eigenvalue weighted by Gasteiger charge is -2.29. The van der Waals surface area contributed by atoms with Crippen LogP contribution in [0.15, 0.2) is 32.5 Å². The van der Waals surface area contributed by atoms with Crippen LogP contribution in [0.2, 0.25) is 0 Å². The van der Waals surface area contributed by atoms with E-state index in [1.807, 2.05) is 24.3 Å². The Hall–Kier alpha value is -0.560. The molecule has 1 N–H and O–H groups in total. The maximum absolute atomic E-state index is 10.3. The lowest BCUT2D eigenvalue weighted by atomic mass is 9.98. The largest absolute Gasteiger partial charge is 0.497 e. The molecule has 0 bridgehead atoms. The second-order valence-electron chi connectivity index (χ2n) is 4.53. The van der Waals surface area contributed by atoms with Crippen molar-refractivity contribution < 1.29 is 14.6 Å². The van der Waals surface area contributed by atoms with E-state index in [9.17, 15) is 5.11 Å². The molecule has 1 aliphatic rings. The number of aliphatic hydroxyl groups is 1. The van der Waals surface area contributed by atoms with Crippen molar-refractivity contribution in [2.24, 2.45) is 0 Å². The van der Waals surface area contributed by atoms with Gasteiger partial charge in [0.1, 0.15) is 17.6 Å². The second-order valence-corrected chi connectivity index (χ2v) is 7.79. The smallest absolute Gasteiger partial charge is 0.136 e. The number of methoxy groups -OCH3 is 1. The van der Waals surface area contributed by atoms with Crippen LogP contribution in [0.5, 0.6) is 11.5 Å². The van der Waals surface area contributed by atoms with Crippen LogP contribution < -0.4 is 9.47 Å². The Morgan fingerprint density at radius 3 is 2.80 bits per heavy atom. The minimum atomic E-state index is -0.519. The quantitative estimate of drug-likeness (QED) is 0.756. The van der Waals surface area contributed by atoms with E-state index in [1.54, 1.807) is 18.4 Å². The molecule has 2 atom stereocenters. The van der Waals surface area contributed by atoms with Gasteiger partial charge in [-0.2, -0.15) is 0 Å². The van der Waals surface area contributed by atoms with Gasteiger partial charge in [0, 0.05) is 27.4 Å². The number of fused-ring (bicyclic) bond motifs is 1. The van der Waals surface area contributed by atoms with E-state index in [1.165, 1.54) is 0 Å². The Kier molecular flexibility index (Phi) is 4.08. The van der Waals surface area contributed by atoms with E-state index in [4.69, 9.17) is 9.47 Å². The van der Waals surface area contributed by atoms with Crippen molar-refractivity contribution in [3.63, 3.8) is 0 Å². The van der Waals surface area contributed by atoms with Crippen LogP contribution in [0.1, 0.15) is 29.1 Å². The minimum Gasteiger partial charge on any atom is -0.497 e. The van der Waals surface area contributed by atoms with Crippen LogP contribution >= 0.6 is 43.2 Å². The van der Waals surface area contributed by atoms with Gasteiger partial charge in [-0.1, -0.05) is 0 Å². The third-order valence-electron chi connectivity index (χ3n) is 3.27. The summed E-state index contributed by atoms with van der Waals surface area (Å²) in [5, 5.41) is 10.3. The van der Waals surface area contributed by atoms with Gasteiger partial charge in [0.15, 0.2) is 0 Å². The van der Waals surface area contributed by atoms with E-state index in [0.29, 0.717) is 12.2 Å². The molecule has 0 amide bonds. The SMILES string of the molecule is COc1ccc2c(c1)OC(c1cc(Br)c(Br)s1)C[C@@H]2O. The van der Waals surface area contributed by atoms with Crippen molar-refractivity contribution in [3.8, 4) is 11.5 Å². The number of ether oxygens (including phenoxy) is 2. The highest BCUT2D eigenvalue weighted by molar-refractivity contribution is 9.13. The number of hydrogen-bond donors (Lipinski definition) is 1. The van der Waals surface area contributed by atoms with E-state index in [0.717, 1.165) is 24.4 Å². The molecule has 6 heteroatoms. The van der Waals surface area contributed by atoms with Gasteiger partial charge in [0.25, 0.3) is 0 Å². The van der Waals surface area contributed by atoms with E-state index >= 15 is 0 Å². The average molecular weight is 420 g/mol. The summed E-state index contributed by atoms with van der Waals surface area (Å²) in [5.41, 5.74) is 0.816. The highest BCUT2D eigenvalue weighted by Gasteiger charge is 2.29. The molecule has 2 heterocycles. The molecule has 2 aromatic rings. The van der Waals surface area contributed by atoms with E-state index in [2.05, 4.69) is 31.9 Å². The standard InChI is InChI=1S/C14H12Br2O3S/c1-18-7-2-3-8-10(17)6-12(19-11(8)4-7)13-5-9(15)14(16)20-13/h2-5,10,12,17H,6H2,1H3/t10-,12?/m0/s1. The summed E-state index contributed by atoms with van der Waals surface area (Å²) in [4.78, 5) is 1.08. The molecule has 0 spiro atoms. The lowest BCUT2D eigenvalue weighted by Crippen LogP contribution is -2.18. The van der Waals surface area contributed by atoms with Gasteiger partial charge in [-0.3, -0.25) is 0 Å². The van der Waals surface area contributed by atoms with Gasteiger partial charge in [0.2, 0.25) is 0 Å². The van der Waals surface area contributed by atoms with Gasteiger partial charge < -0.3 is 14.6 Å². The molecular formula is C14H12Br2O3S. The molecule has 20 heavy (non-hydrogen) atoms. The summed E-state index contributed by atoms with van der Waals surface area (Å²) in [6.45, 7) is 0. The summed E-state index contributed by atoms with van der Waals surface area (Å²) < 4.78 is 13.3. The first-order valence-electron chi connectivity index (χ1n) is 6.06. The molecule has 0 aliphatic carbocycles. The number of hydrogen-bond acceptors (Lipinski definition) is 4. The number of aliphatic hydroxyl groups excluding tert-OH is 1. The average Bonchev–Trinajstić information content (AvgIpc) is 2.78. The first kappa shape index (κ1) is 14.4. The van der Waals surface area contributed by atoms with Crippen molar-refractivity contribution in [2.75, 3.05) is 7.11 Å². The molecule has 1 unspecified atom stereocenters. The molecule has 0 saturated carbocycles. The van der Waals surface area contributed by atoms with Crippen molar-refractivity contribution in [2.45, 2.75) is 18.6 Å². The summed E-state index contributed by atoms with van der Waals surface area (Å²) in [7, 11) is 1.62. The van der Waals surface area contributed by atoms with Gasteiger partial charge in [-0.15, -0.1) is 11.3 Å². The number of halogens is 2. The molecule has 1 aromatic carbocycles. The minimum absolute atomic E-state index is 0.141. The molecule has 1 aliphatic heterocycles. The van der Waals surface area contributed by atoms with Crippen LogP contribution in [-0.2, 0) is 0 Å². The number of rotatable bonds is 2. The maximum atomic E-state index is 10.3. The van der Waals surface area contributed by atoms with Gasteiger partial charge in [-0.25, -0.2) is 0 Å². The zero-order valence-electron chi connectivity index (χ0n) is 10.6. The Morgan fingerprint density at radius 2 is 2.15 bits per heavy atom. The van der Waals surface area contributed by atoms with Gasteiger partial charge >= 0.3 is 0 Å². The van der Waals surface area contributed by atoms with Gasteiger partial charge in [-0.05, 0) is 50.1 Å². The predicted molar refractivity (Wildman–Crippen MR) is 85.7 cm³/mol. The number of benzene rings is 1. The third kappa shape index (κ3) is 2.62. The molecule has 106 valence electrons. The van der Waals surface area contributed by atoms with Crippen molar-refractivity contribution >= 4 is 43.2 Å². The molecule has 1 aromatic heterocycles.